The first-order valence-electron chi connectivity index (χ1n) is 4.34. The van der Waals surface area contributed by atoms with Crippen LogP contribution in [0.25, 0.3) is 0 Å². The lowest BCUT2D eigenvalue weighted by Crippen LogP contribution is -2.19. The Morgan fingerprint density at radius 2 is 1.88 bits per heavy atom. The molecule has 1 aromatic heterocycles. The molecule has 9 heteroatoms. The smallest absolute Gasteiger partial charge is 0.328 e. The Labute approximate surface area is 97.8 Å². The van der Waals surface area contributed by atoms with E-state index in [1.54, 1.807) is 0 Å². The van der Waals surface area contributed by atoms with Gasteiger partial charge in [-0.3, -0.25) is 0 Å². The highest BCUT2D eigenvalue weighted by molar-refractivity contribution is 6.32. The van der Waals surface area contributed by atoms with Gasteiger partial charge in [0.2, 0.25) is 0 Å². The molecule has 1 rings (SSSR count). The fourth-order valence-corrected chi connectivity index (χ4v) is 1.47. The van der Waals surface area contributed by atoms with Crippen molar-refractivity contribution in [3.05, 3.63) is 16.4 Å². The highest BCUT2D eigenvalue weighted by Crippen LogP contribution is 2.35. The number of carboxylic acids is 1. The lowest BCUT2D eigenvalue weighted by molar-refractivity contribution is -0.140. The zero-order chi connectivity index (χ0) is 13.3. The Kier molecular flexibility index (Phi) is 3.97. The van der Waals surface area contributed by atoms with Crippen molar-refractivity contribution in [3.63, 3.8) is 0 Å². The molecule has 0 saturated carbocycles. The molecule has 0 saturated heterocycles. The van der Waals surface area contributed by atoms with Crippen molar-refractivity contribution in [1.29, 1.82) is 0 Å². The monoisotopic (exact) mass is 274 g/mol. The van der Waals surface area contributed by atoms with Crippen LogP contribution in [0.2, 0.25) is 5.02 Å². The summed E-state index contributed by atoms with van der Waals surface area (Å²) in [6, 6.07) is -1.51. The van der Waals surface area contributed by atoms with Crippen molar-refractivity contribution >= 4 is 17.6 Å². The Morgan fingerprint density at radius 3 is 2.24 bits per heavy atom. The Morgan fingerprint density at radius 1 is 1.35 bits per heavy atom. The van der Waals surface area contributed by atoms with E-state index in [1.807, 2.05) is 0 Å². The maximum atomic E-state index is 12.6. The molecule has 0 amide bonds. The molecule has 96 valence electrons. The molecule has 1 heterocycles. The molecule has 4 nitrogen and oxygen atoms in total. The van der Waals surface area contributed by atoms with E-state index in [0.29, 0.717) is 4.68 Å². The average molecular weight is 275 g/mol. The average Bonchev–Trinajstić information content (AvgIpc) is 2.54. The highest BCUT2D eigenvalue weighted by atomic mass is 35.5. The highest BCUT2D eigenvalue weighted by Gasteiger charge is 2.31. The second kappa shape index (κ2) is 4.91. The zero-order valence-corrected chi connectivity index (χ0v) is 9.13. The first kappa shape index (κ1) is 13.8. The topological polar surface area (TPSA) is 55.1 Å². The van der Waals surface area contributed by atoms with E-state index in [2.05, 4.69) is 5.10 Å². The summed E-state index contributed by atoms with van der Waals surface area (Å²) in [6.45, 7) is 1.03. The van der Waals surface area contributed by atoms with Gasteiger partial charge in [0, 0.05) is 0 Å². The van der Waals surface area contributed by atoms with Crippen molar-refractivity contribution in [2.75, 3.05) is 0 Å². The third-order valence-electron chi connectivity index (χ3n) is 2.05. The SMILES string of the molecule is CC(C(=O)O)n1nc(C(F)F)c(Cl)c1C(F)F. The second-order valence-electron chi connectivity index (χ2n) is 3.14. The van der Waals surface area contributed by atoms with Gasteiger partial charge in [-0.1, -0.05) is 11.6 Å². The minimum absolute atomic E-state index is 0.302. The largest absolute Gasteiger partial charge is 0.480 e. The molecule has 0 aliphatic heterocycles. The molecule has 0 aromatic carbocycles. The van der Waals surface area contributed by atoms with Crippen molar-refractivity contribution in [2.24, 2.45) is 0 Å². The summed E-state index contributed by atoms with van der Waals surface area (Å²) in [4.78, 5) is 10.6. The molecule has 17 heavy (non-hydrogen) atoms. The van der Waals surface area contributed by atoms with Crippen LogP contribution in [0.1, 0.15) is 37.2 Å². The number of halogens is 5. The molecular formula is C8H7ClF4N2O2. The van der Waals surface area contributed by atoms with Gasteiger partial charge < -0.3 is 5.11 Å². The summed E-state index contributed by atoms with van der Waals surface area (Å²) < 4.78 is 50.3. The second-order valence-corrected chi connectivity index (χ2v) is 3.52. The first-order valence-corrected chi connectivity index (χ1v) is 4.72. The number of alkyl halides is 4. The number of carbonyl (C=O) groups is 1. The number of hydrogen-bond acceptors (Lipinski definition) is 2. The van der Waals surface area contributed by atoms with Gasteiger partial charge in [0.15, 0.2) is 0 Å². The normalized spacial score (nSPS) is 13.4. The quantitative estimate of drug-likeness (QED) is 0.859. The molecule has 0 bridgehead atoms. The number of rotatable bonds is 4. The van der Waals surface area contributed by atoms with Crippen LogP contribution in [0.4, 0.5) is 17.6 Å². The van der Waals surface area contributed by atoms with Gasteiger partial charge in [-0.25, -0.2) is 27.0 Å². The minimum atomic E-state index is -3.19. The molecule has 0 spiro atoms. The zero-order valence-electron chi connectivity index (χ0n) is 8.37. The molecular weight excluding hydrogens is 268 g/mol. The molecule has 1 unspecified atom stereocenters. The van der Waals surface area contributed by atoms with Crippen LogP contribution in [0.5, 0.6) is 0 Å². The van der Waals surface area contributed by atoms with Crippen molar-refractivity contribution in [2.45, 2.75) is 25.8 Å². The van der Waals surface area contributed by atoms with Crippen molar-refractivity contribution in [3.8, 4) is 0 Å². The summed E-state index contributed by atoms with van der Waals surface area (Å²) in [5, 5.41) is 10.9. The van der Waals surface area contributed by atoms with Crippen LogP contribution in [0.15, 0.2) is 0 Å². The summed E-state index contributed by atoms with van der Waals surface area (Å²) in [5.74, 6) is -1.48. The van der Waals surface area contributed by atoms with Crippen LogP contribution in [-0.4, -0.2) is 20.9 Å². The third kappa shape index (κ3) is 2.51. The van der Waals surface area contributed by atoms with Crippen molar-refractivity contribution in [1.82, 2.24) is 9.78 Å². The van der Waals surface area contributed by atoms with E-state index >= 15 is 0 Å². The fourth-order valence-electron chi connectivity index (χ4n) is 1.18. The Bertz CT molecular complexity index is 435. The van der Waals surface area contributed by atoms with Crippen molar-refractivity contribution < 1.29 is 27.5 Å². The number of aromatic nitrogens is 2. The van der Waals surface area contributed by atoms with Crippen LogP contribution in [0.3, 0.4) is 0 Å². The van der Waals surface area contributed by atoms with Gasteiger partial charge in [0.05, 0.1) is 5.02 Å². The molecule has 1 aromatic rings. The Balaban J connectivity index is 3.38. The summed E-state index contributed by atoms with van der Waals surface area (Å²) >= 11 is 5.33. The minimum Gasteiger partial charge on any atom is -0.480 e. The van der Waals surface area contributed by atoms with E-state index < -0.39 is 41.3 Å². The van der Waals surface area contributed by atoms with E-state index in [-0.39, 0.29) is 0 Å². The van der Waals surface area contributed by atoms with Gasteiger partial charge in [0.25, 0.3) is 12.9 Å². The summed E-state index contributed by atoms with van der Waals surface area (Å²) in [5.41, 5.74) is -2.06. The predicted molar refractivity (Wildman–Crippen MR) is 49.5 cm³/mol. The summed E-state index contributed by atoms with van der Waals surface area (Å²) in [7, 11) is 0. The molecule has 0 aliphatic rings. The van der Waals surface area contributed by atoms with Crippen LogP contribution in [0, 0.1) is 0 Å². The van der Waals surface area contributed by atoms with E-state index in [4.69, 9.17) is 16.7 Å². The molecule has 0 radical (unpaired) electrons. The van der Waals surface area contributed by atoms with E-state index in [0.717, 1.165) is 6.92 Å². The molecule has 0 fully saturated rings. The number of aliphatic carboxylic acids is 1. The Hall–Kier alpha value is -1.31. The first-order chi connectivity index (χ1) is 7.77. The predicted octanol–water partition coefficient (Wildman–Crippen LogP) is 3.06. The summed E-state index contributed by atoms with van der Waals surface area (Å²) in [6.07, 6.45) is -6.34. The number of carboxylic acid groups (broad SMARTS) is 1. The molecule has 1 N–H and O–H groups in total. The number of nitrogens with zero attached hydrogens (tertiary/aromatic N) is 2. The van der Waals surface area contributed by atoms with Gasteiger partial charge in [-0.15, -0.1) is 0 Å². The maximum Gasteiger partial charge on any atom is 0.328 e. The van der Waals surface area contributed by atoms with E-state index in [1.165, 1.54) is 0 Å². The van der Waals surface area contributed by atoms with Crippen LogP contribution in [-0.2, 0) is 4.79 Å². The lowest BCUT2D eigenvalue weighted by Gasteiger charge is -2.10. The molecule has 0 aliphatic carbocycles. The number of hydrogen-bond donors (Lipinski definition) is 1. The molecule has 1 atom stereocenters. The van der Waals surface area contributed by atoms with Gasteiger partial charge in [-0.05, 0) is 6.92 Å². The fraction of sp³-hybridized carbons (Fsp3) is 0.500. The van der Waals surface area contributed by atoms with Crippen LogP contribution >= 0.6 is 11.6 Å². The van der Waals surface area contributed by atoms with Gasteiger partial charge in [0.1, 0.15) is 17.4 Å². The van der Waals surface area contributed by atoms with Gasteiger partial charge in [-0.2, -0.15) is 5.10 Å². The van der Waals surface area contributed by atoms with Crippen LogP contribution < -0.4 is 0 Å². The standard InChI is InChI=1S/C8H7ClF4N2O2/c1-2(8(16)17)15-5(7(12)13)3(9)4(14-15)6(10)11/h2,6-7H,1H3,(H,16,17). The van der Waals surface area contributed by atoms with E-state index in [9.17, 15) is 22.4 Å². The lowest BCUT2D eigenvalue weighted by atomic mass is 10.3. The third-order valence-corrected chi connectivity index (χ3v) is 2.44. The maximum absolute atomic E-state index is 12.6. The van der Waals surface area contributed by atoms with Gasteiger partial charge >= 0.3 is 5.97 Å².